The maximum atomic E-state index is 12.5. The minimum absolute atomic E-state index is 0.00162. The summed E-state index contributed by atoms with van der Waals surface area (Å²) < 4.78 is 56.6. The summed E-state index contributed by atoms with van der Waals surface area (Å²) in [6.07, 6.45) is 0.464. The predicted molar refractivity (Wildman–Crippen MR) is 57.1 cm³/mol. The van der Waals surface area contributed by atoms with Gasteiger partial charge < -0.3 is 0 Å². The Labute approximate surface area is 94.2 Å². The molecule has 1 aromatic rings. The van der Waals surface area contributed by atoms with E-state index in [1.54, 1.807) is 6.92 Å². The van der Waals surface area contributed by atoms with Gasteiger partial charge in [-0.1, -0.05) is 6.92 Å². The quantitative estimate of drug-likeness (QED) is 0.775. The van der Waals surface area contributed by atoms with Crippen LogP contribution in [0.4, 0.5) is 3.89 Å². The van der Waals surface area contributed by atoms with Gasteiger partial charge in [-0.3, -0.25) is 0 Å². The van der Waals surface area contributed by atoms with Gasteiger partial charge in [0.1, 0.15) is 0 Å². The monoisotopic (exact) mass is 266 g/mol. The number of halogens is 1. The Morgan fingerprint density at radius 2 is 1.44 bits per heavy atom. The van der Waals surface area contributed by atoms with E-state index in [0.717, 1.165) is 24.3 Å². The lowest BCUT2D eigenvalue weighted by Gasteiger charge is -2.02. The SMILES string of the molecule is CCCS(=O)(=O)c1ccc(S(=O)(=O)F)cc1. The van der Waals surface area contributed by atoms with Crippen LogP contribution in [0.5, 0.6) is 0 Å². The highest BCUT2D eigenvalue weighted by Gasteiger charge is 2.16. The zero-order chi connectivity index (χ0) is 12.4. The van der Waals surface area contributed by atoms with Gasteiger partial charge >= 0.3 is 10.2 Å². The molecule has 0 radical (unpaired) electrons. The second-order valence-electron chi connectivity index (χ2n) is 3.23. The molecule has 0 N–H and O–H groups in total. The van der Waals surface area contributed by atoms with E-state index in [1.165, 1.54) is 0 Å². The van der Waals surface area contributed by atoms with Gasteiger partial charge in [0.25, 0.3) is 0 Å². The first-order valence-corrected chi connectivity index (χ1v) is 7.58. The first-order chi connectivity index (χ1) is 7.27. The molecule has 0 saturated heterocycles. The van der Waals surface area contributed by atoms with Crippen LogP contribution >= 0.6 is 0 Å². The summed E-state index contributed by atoms with van der Waals surface area (Å²) in [6.45, 7) is 1.72. The van der Waals surface area contributed by atoms with E-state index in [0.29, 0.717) is 6.42 Å². The first-order valence-electron chi connectivity index (χ1n) is 4.55. The smallest absolute Gasteiger partial charge is 0.224 e. The van der Waals surface area contributed by atoms with Gasteiger partial charge in [-0.25, -0.2) is 8.42 Å². The van der Waals surface area contributed by atoms with Crippen molar-refractivity contribution in [3.05, 3.63) is 24.3 Å². The third kappa shape index (κ3) is 3.02. The van der Waals surface area contributed by atoms with Crippen molar-refractivity contribution in [2.75, 3.05) is 5.75 Å². The molecule has 4 nitrogen and oxygen atoms in total. The molecule has 0 fully saturated rings. The number of hydrogen-bond acceptors (Lipinski definition) is 4. The summed E-state index contributed by atoms with van der Waals surface area (Å²) in [4.78, 5) is -0.537. The third-order valence-electron chi connectivity index (χ3n) is 1.94. The summed E-state index contributed by atoms with van der Waals surface area (Å²) >= 11 is 0. The first kappa shape index (κ1) is 13.1. The number of rotatable bonds is 4. The highest BCUT2D eigenvalue weighted by Crippen LogP contribution is 2.17. The fourth-order valence-electron chi connectivity index (χ4n) is 1.20. The van der Waals surface area contributed by atoms with E-state index >= 15 is 0 Å². The van der Waals surface area contributed by atoms with Crippen molar-refractivity contribution in [3.8, 4) is 0 Å². The van der Waals surface area contributed by atoms with Crippen LogP contribution in [-0.2, 0) is 20.1 Å². The molecule has 0 unspecified atom stereocenters. The number of sulfone groups is 1. The summed E-state index contributed by atoms with van der Waals surface area (Å²) in [6, 6.07) is 4.07. The fourth-order valence-corrected chi connectivity index (χ4v) is 2.98. The largest absolute Gasteiger partial charge is 0.332 e. The van der Waals surface area contributed by atoms with Crippen LogP contribution in [0.2, 0.25) is 0 Å². The van der Waals surface area contributed by atoms with Crippen molar-refractivity contribution < 1.29 is 20.7 Å². The van der Waals surface area contributed by atoms with Crippen molar-refractivity contribution >= 4 is 20.1 Å². The molecular weight excluding hydrogens is 255 g/mol. The summed E-state index contributed by atoms with van der Waals surface area (Å²) in [7, 11) is -8.16. The van der Waals surface area contributed by atoms with Gasteiger partial charge in [-0.05, 0) is 30.7 Å². The summed E-state index contributed by atoms with van der Waals surface area (Å²) in [5.41, 5.74) is 0. The standard InChI is InChI=1S/C9H11FO4S2/c1-2-7-15(11,12)8-3-5-9(6-4-8)16(10,13)14/h3-6H,2,7H2,1H3. The Morgan fingerprint density at radius 1 is 1.00 bits per heavy atom. The van der Waals surface area contributed by atoms with E-state index in [2.05, 4.69) is 0 Å². The zero-order valence-electron chi connectivity index (χ0n) is 8.55. The van der Waals surface area contributed by atoms with Gasteiger partial charge in [-0.2, -0.15) is 8.42 Å². The molecule has 0 spiro atoms. The lowest BCUT2D eigenvalue weighted by Crippen LogP contribution is -2.06. The van der Waals surface area contributed by atoms with Crippen molar-refractivity contribution in [1.29, 1.82) is 0 Å². The molecule has 0 aliphatic carbocycles. The van der Waals surface area contributed by atoms with E-state index in [1.807, 2.05) is 0 Å². The molecule has 0 aliphatic heterocycles. The van der Waals surface area contributed by atoms with E-state index < -0.39 is 25.0 Å². The van der Waals surface area contributed by atoms with Crippen LogP contribution < -0.4 is 0 Å². The Bertz CT molecular complexity index is 558. The van der Waals surface area contributed by atoms with Crippen LogP contribution in [-0.4, -0.2) is 22.6 Å². The Hall–Kier alpha value is -0.950. The van der Waals surface area contributed by atoms with Gasteiger partial charge in [0, 0.05) is 0 Å². The Kier molecular flexibility index (Phi) is 3.69. The van der Waals surface area contributed by atoms with E-state index in [4.69, 9.17) is 0 Å². The number of benzene rings is 1. The number of hydrogen-bond donors (Lipinski definition) is 0. The minimum atomic E-state index is -4.77. The summed E-state index contributed by atoms with van der Waals surface area (Å²) in [5.74, 6) is -0.0191. The molecule has 0 saturated carbocycles. The molecule has 1 aromatic carbocycles. The van der Waals surface area contributed by atoms with Crippen LogP contribution in [0.1, 0.15) is 13.3 Å². The highest BCUT2D eigenvalue weighted by atomic mass is 32.3. The maximum absolute atomic E-state index is 12.5. The molecule has 16 heavy (non-hydrogen) atoms. The molecule has 90 valence electrons. The lowest BCUT2D eigenvalue weighted by atomic mass is 10.4. The van der Waals surface area contributed by atoms with Crippen molar-refractivity contribution in [3.63, 3.8) is 0 Å². The van der Waals surface area contributed by atoms with Crippen molar-refractivity contribution in [2.45, 2.75) is 23.1 Å². The molecule has 0 atom stereocenters. The molecule has 0 aromatic heterocycles. The molecule has 0 heterocycles. The van der Waals surface area contributed by atoms with E-state index in [9.17, 15) is 20.7 Å². The average molecular weight is 266 g/mol. The van der Waals surface area contributed by atoms with Crippen LogP contribution in [0.15, 0.2) is 34.1 Å². The lowest BCUT2D eigenvalue weighted by molar-refractivity contribution is 0.551. The molecule has 0 aliphatic rings. The minimum Gasteiger partial charge on any atom is -0.224 e. The van der Waals surface area contributed by atoms with E-state index in [-0.39, 0.29) is 10.6 Å². The van der Waals surface area contributed by atoms with Gasteiger partial charge in [0.15, 0.2) is 9.84 Å². The van der Waals surface area contributed by atoms with Crippen molar-refractivity contribution in [1.82, 2.24) is 0 Å². The van der Waals surface area contributed by atoms with Crippen LogP contribution in [0.25, 0.3) is 0 Å². The average Bonchev–Trinajstić information content (AvgIpc) is 2.16. The molecule has 1 rings (SSSR count). The summed E-state index contributed by atoms with van der Waals surface area (Å²) in [5, 5.41) is 0. The van der Waals surface area contributed by atoms with Crippen molar-refractivity contribution in [2.24, 2.45) is 0 Å². The normalized spacial score (nSPS) is 12.6. The van der Waals surface area contributed by atoms with Gasteiger partial charge in [0.05, 0.1) is 15.5 Å². The predicted octanol–water partition coefficient (Wildman–Crippen LogP) is 1.53. The molecular formula is C9H11FO4S2. The third-order valence-corrected chi connectivity index (χ3v) is 4.71. The van der Waals surface area contributed by atoms with Crippen LogP contribution in [0, 0.1) is 0 Å². The Balaban J connectivity index is 3.15. The molecule has 0 amide bonds. The molecule has 0 bridgehead atoms. The van der Waals surface area contributed by atoms with Gasteiger partial charge in [0.2, 0.25) is 0 Å². The maximum Gasteiger partial charge on any atom is 0.332 e. The second-order valence-corrected chi connectivity index (χ2v) is 6.68. The molecule has 7 heteroatoms. The highest BCUT2D eigenvalue weighted by molar-refractivity contribution is 7.91. The van der Waals surface area contributed by atoms with Crippen LogP contribution in [0.3, 0.4) is 0 Å². The topological polar surface area (TPSA) is 68.3 Å². The Morgan fingerprint density at radius 3 is 1.81 bits per heavy atom. The van der Waals surface area contributed by atoms with Gasteiger partial charge in [-0.15, -0.1) is 3.89 Å². The zero-order valence-corrected chi connectivity index (χ0v) is 10.2. The fraction of sp³-hybridized carbons (Fsp3) is 0.333. The second kappa shape index (κ2) is 4.50.